The van der Waals surface area contributed by atoms with Crippen molar-refractivity contribution in [3.05, 3.63) is 47.9 Å². The van der Waals surface area contributed by atoms with Crippen molar-refractivity contribution in [2.24, 2.45) is 11.7 Å². The molecule has 3 heterocycles. The molecule has 0 bridgehead atoms. The molecule has 0 radical (unpaired) electrons. The van der Waals surface area contributed by atoms with Crippen LogP contribution in [-0.2, 0) is 22.4 Å². The van der Waals surface area contributed by atoms with Gasteiger partial charge in [-0.05, 0) is 56.5 Å². The molecule has 176 valence electrons. The van der Waals surface area contributed by atoms with E-state index in [1.807, 2.05) is 26.0 Å². The number of rotatable bonds is 7. The van der Waals surface area contributed by atoms with E-state index in [2.05, 4.69) is 40.1 Å². The molecule has 2 aromatic heterocycles. The maximum atomic E-state index is 6.35. The first kappa shape index (κ1) is 22.1. The van der Waals surface area contributed by atoms with Gasteiger partial charge in [0.25, 0.3) is 0 Å². The summed E-state index contributed by atoms with van der Waals surface area (Å²) < 4.78 is 20.1. The van der Waals surface area contributed by atoms with Gasteiger partial charge in [-0.25, -0.2) is 9.97 Å². The van der Waals surface area contributed by atoms with Crippen LogP contribution in [0.1, 0.15) is 44.4 Å². The predicted octanol–water partition coefficient (Wildman–Crippen LogP) is 3.65. The molecular weight excluding hydrogens is 418 g/mol. The SMILES string of the molecule is CCc1cn([C@@H]2C[C@H](CN)[C@H]3OC(C)(C)O[C@H]32)c2ncnc(NCc3ccc(OC)cc3)c12. The Bertz CT molecular complexity index is 1130. The molecule has 1 saturated carbocycles. The second-order valence-electron chi connectivity index (χ2n) is 9.40. The van der Waals surface area contributed by atoms with Gasteiger partial charge in [-0.2, -0.15) is 0 Å². The number of benzene rings is 1. The van der Waals surface area contributed by atoms with Gasteiger partial charge in [0.1, 0.15) is 29.6 Å². The van der Waals surface area contributed by atoms with Crippen LogP contribution in [0.25, 0.3) is 11.0 Å². The van der Waals surface area contributed by atoms with Crippen molar-refractivity contribution in [1.29, 1.82) is 0 Å². The Morgan fingerprint density at radius 2 is 1.94 bits per heavy atom. The van der Waals surface area contributed by atoms with Crippen molar-refractivity contribution in [2.75, 3.05) is 19.0 Å². The number of methoxy groups -OCH3 is 1. The maximum Gasteiger partial charge on any atom is 0.163 e. The highest BCUT2D eigenvalue weighted by molar-refractivity contribution is 5.91. The normalized spacial score (nSPS) is 26.0. The van der Waals surface area contributed by atoms with Gasteiger partial charge in [0.15, 0.2) is 5.79 Å². The van der Waals surface area contributed by atoms with Crippen LogP contribution >= 0.6 is 0 Å². The fourth-order valence-electron chi connectivity index (χ4n) is 5.31. The largest absolute Gasteiger partial charge is 0.497 e. The number of nitrogens with zero attached hydrogens (tertiary/aromatic N) is 3. The first-order valence-electron chi connectivity index (χ1n) is 11.7. The second kappa shape index (κ2) is 8.59. The Kier molecular flexibility index (Phi) is 5.76. The zero-order chi connectivity index (χ0) is 23.2. The maximum absolute atomic E-state index is 6.35. The van der Waals surface area contributed by atoms with E-state index in [0.717, 1.165) is 41.0 Å². The molecule has 1 aliphatic heterocycles. The van der Waals surface area contributed by atoms with E-state index >= 15 is 0 Å². The number of nitrogens with two attached hydrogens (primary N) is 1. The van der Waals surface area contributed by atoms with Crippen LogP contribution in [0.2, 0.25) is 0 Å². The van der Waals surface area contributed by atoms with E-state index in [9.17, 15) is 0 Å². The van der Waals surface area contributed by atoms with E-state index in [1.54, 1.807) is 13.4 Å². The minimum atomic E-state index is -0.599. The molecule has 0 spiro atoms. The molecule has 0 amide bonds. The van der Waals surface area contributed by atoms with Crippen molar-refractivity contribution in [1.82, 2.24) is 14.5 Å². The number of aryl methyl sites for hydroxylation is 1. The number of hydrogen-bond acceptors (Lipinski definition) is 7. The summed E-state index contributed by atoms with van der Waals surface area (Å²) >= 11 is 0. The van der Waals surface area contributed by atoms with Crippen molar-refractivity contribution < 1.29 is 14.2 Å². The quantitative estimate of drug-likeness (QED) is 0.566. The highest BCUT2D eigenvalue weighted by Crippen LogP contribution is 2.47. The van der Waals surface area contributed by atoms with Gasteiger partial charge in [0, 0.05) is 18.7 Å². The zero-order valence-electron chi connectivity index (χ0n) is 19.7. The van der Waals surface area contributed by atoms with Gasteiger partial charge in [-0.15, -0.1) is 0 Å². The van der Waals surface area contributed by atoms with E-state index in [1.165, 1.54) is 5.56 Å². The average Bonchev–Trinajstić information content (AvgIpc) is 3.46. The molecule has 2 fully saturated rings. The van der Waals surface area contributed by atoms with E-state index in [0.29, 0.717) is 13.1 Å². The monoisotopic (exact) mass is 451 g/mol. The van der Waals surface area contributed by atoms with Crippen LogP contribution in [0.5, 0.6) is 5.75 Å². The molecule has 1 saturated heterocycles. The van der Waals surface area contributed by atoms with Crippen molar-refractivity contribution in [3.63, 3.8) is 0 Å². The summed E-state index contributed by atoms with van der Waals surface area (Å²) in [5, 5.41) is 4.59. The molecule has 2 aliphatic rings. The lowest BCUT2D eigenvalue weighted by Crippen LogP contribution is -2.29. The topological polar surface area (TPSA) is 96.5 Å². The molecule has 1 aliphatic carbocycles. The van der Waals surface area contributed by atoms with Gasteiger partial charge in [-0.1, -0.05) is 19.1 Å². The highest BCUT2D eigenvalue weighted by Gasteiger charge is 2.54. The Labute approximate surface area is 194 Å². The average molecular weight is 452 g/mol. The van der Waals surface area contributed by atoms with Gasteiger partial charge in [0.05, 0.1) is 24.6 Å². The minimum Gasteiger partial charge on any atom is -0.497 e. The lowest BCUT2D eigenvalue weighted by molar-refractivity contribution is -0.159. The zero-order valence-corrected chi connectivity index (χ0v) is 19.7. The third-order valence-corrected chi connectivity index (χ3v) is 6.90. The Hall–Kier alpha value is -2.68. The fraction of sp³-hybridized carbons (Fsp3) is 0.520. The van der Waals surface area contributed by atoms with Crippen LogP contribution in [0.3, 0.4) is 0 Å². The van der Waals surface area contributed by atoms with Crippen LogP contribution in [0.15, 0.2) is 36.8 Å². The van der Waals surface area contributed by atoms with E-state index in [4.69, 9.17) is 24.9 Å². The fourth-order valence-corrected chi connectivity index (χ4v) is 5.31. The van der Waals surface area contributed by atoms with Crippen molar-refractivity contribution >= 4 is 16.9 Å². The van der Waals surface area contributed by atoms with Crippen LogP contribution in [0.4, 0.5) is 5.82 Å². The summed E-state index contributed by atoms with van der Waals surface area (Å²) in [4.78, 5) is 9.29. The number of nitrogens with one attached hydrogen (secondary N) is 1. The number of ether oxygens (including phenoxy) is 3. The molecule has 4 atom stereocenters. The molecule has 33 heavy (non-hydrogen) atoms. The molecular formula is C25H33N5O3. The molecule has 0 unspecified atom stereocenters. The van der Waals surface area contributed by atoms with Crippen molar-refractivity contribution in [3.8, 4) is 5.75 Å². The number of fused-ring (bicyclic) bond motifs is 2. The summed E-state index contributed by atoms with van der Waals surface area (Å²) in [6.07, 6.45) is 5.61. The summed E-state index contributed by atoms with van der Waals surface area (Å²) in [6, 6.07) is 8.17. The number of anilines is 1. The Morgan fingerprint density at radius 1 is 1.18 bits per heavy atom. The minimum absolute atomic E-state index is 0.00651. The second-order valence-corrected chi connectivity index (χ2v) is 9.40. The predicted molar refractivity (Wildman–Crippen MR) is 127 cm³/mol. The molecule has 3 N–H and O–H groups in total. The third-order valence-electron chi connectivity index (χ3n) is 6.90. The Morgan fingerprint density at radius 3 is 2.64 bits per heavy atom. The number of aromatic nitrogens is 3. The summed E-state index contributed by atoms with van der Waals surface area (Å²) in [5.41, 5.74) is 9.41. The lowest BCUT2D eigenvalue weighted by Gasteiger charge is -2.24. The summed E-state index contributed by atoms with van der Waals surface area (Å²) in [6.45, 7) is 7.37. The molecule has 8 nitrogen and oxygen atoms in total. The highest BCUT2D eigenvalue weighted by atomic mass is 16.8. The van der Waals surface area contributed by atoms with E-state index in [-0.39, 0.29) is 24.2 Å². The van der Waals surface area contributed by atoms with Gasteiger partial charge >= 0.3 is 0 Å². The lowest BCUT2D eigenvalue weighted by atomic mass is 10.1. The van der Waals surface area contributed by atoms with Crippen molar-refractivity contribution in [2.45, 2.75) is 64.2 Å². The first-order chi connectivity index (χ1) is 15.9. The van der Waals surface area contributed by atoms with Gasteiger partial charge in [0.2, 0.25) is 0 Å². The van der Waals surface area contributed by atoms with Crippen LogP contribution in [-0.4, -0.2) is 46.2 Å². The number of hydrogen-bond donors (Lipinski definition) is 2. The molecule has 5 rings (SSSR count). The van der Waals surface area contributed by atoms with Gasteiger partial charge < -0.3 is 29.8 Å². The summed E-state index contributed by atoms with van der Waals surface area (Å²) in [7, 11) is 1.67. The molecule has 1 aromatic carbocycles. The Balaban J connectivity index is 1.47. The standard InChI is InChI=1S/C25H33N5O3/c1-5-16-13-30(19-10-17(11-26)21-22(19)33-25(2,3)32-21)24-20(16)23(28-14-29-24)27-12-15-6-8-18(31-4)9-7-15/h6-9,13-14,17,19,21-22H,5,10-12,26H2,1-4H3,(H,27,28,29)/t17-,19-,21-,22+/m1/s1. The smallest absolute Gasteiger partial charge is 0.163 e. The first-order valence-corrected chi connectivity index (χ1v) is 11.7. The summed E-state index contributed by atoms with van der Waals surface area (Å²) in [5.74, 6) is 1.36. The van der Waals surface area contributed by atoms with Crippen LogP contribution in [0, 0.1) is 5.92 Å². The van der Waals surface area contributed by atoms with Crippen LogP contribution < -0.4 is 15.8 Å². The molecule has 8 heteroatoms. The van der Waals surface area contributed by atoms with E-state index < -0.39 is 5.79 Å². The molecule has 3 aromatic rings. The third kappa shape index (κ3) is 3.96. The van der Waals surface area contributed by atoms with Gasteiger partial charge in [-0.3, -0.25) is 0 Å².